The molecule has 0 saturated carbocycles. The lowest BCUT2D eigenvalue weighted by molar-refractivity contribution is -0.130. The number of carbonyl (C=O) groups excluding carboxylic acids is 2. The maximum atomic E-state index is 12.2. The molecule has 0 aromatic heterocycles. The molecule has 2 aromatic carbocycles. The van der Waals surface area contributed by atoms with E-state index < -0.39 is 0 Å². The molecule has 2 rings (SSSR count). The number of hydrogen-bond donors (Lipinski definition) is 0. The van der Waals surface area contributed by atoms with Crippen molar-refractivity contribution < 1.29 is 9.59 Å². The summed E-state index contributed by atoms with van der Waals surface area (Å²) in [6.45, 7) is 2.61. The predicted octanol–water partition coefficient (Wildman–Crippen LogP) is 3.62. The minimum atomic E-state index is -0.00691. The van der Waals surface area contributed by atoms with Gasteiger partial charge < -0.3 is 4.90 Å². The average molecular weight is 295 g/mol. The summed E-state index contributed by atoms with van der Waals surface area (Å²) in [5.74, 6) is 0.00535. The number of hydrogen-bond acceptors (Lipinski definition) is 2. The van der Waals surface area contributed by atoms with Gasteiger partial charge in [0.1, 0.15) is 0 Å². The highest BCUT2D eigenvalue weighted by atomic mass is 16.2. The minimum Gasteiger partial charge on any atom is -0.341 e. The van der Waals surface area contributed by atoms with Gasteiger partial charge in [-0.25, -0.2) is 0 Å². The van der Waals surface area contributed by atoms with E-state index in [1.165, 1.54) is 5.56 Å². The summed E-state index contributed by atoms with van der Waals surface area (Å²) in [5, 5.41) is 0. The summed E-state index contributed by atoms with van der Waals surface area (Å²) >= 11 is 0. The molecule has 0 spiro atoms. The van der Waals surface area contributed by atoms with Crippen molar-refractivity contribution in [3.63, 3.8) is 0 Å². The lowest BCUT2D eigenvalue weighted by Gasteiger charge is -2.18. The fraction of sp³-hybridized carbons (Fsp3) is 0.263. The summed E-state index contributed by atoms with van der Waals surface area (Å²) in [6.07, 6.45) is 0.497. The molecule has 0 heterocycles. The third-order valence-electron chi connectivity index (χ3n) is 3.76. The van der Waals surface area contributed by atoms with Crippen LogP contribution in [0, 0.1) is 6.92 Å². The van der Waals surface area contributed by atoms with Crippen molar-refractivity contribution in [1.82, 2.24) is 4.90 Å². The molecule has 0 saturated heterocycles. The number of amides is 1. The van der Waals surface area contributed by atoms with E-state index in [0.717, 1.165) is 5.56 Å². The van der Waals surface area contributed by atoms with Crippen LogP contribution in [-0.2, 0) is 11.3 Å². The van der Waals surface area contributed by atoms with E-state index in [9.17, 15) is 9.59 Å². The molecule has 0 N–H and O–H groups in total. The molecular weight excluding hydrogens is 274 g/mol. The van der Waals surface area contributed by atoms with Crippen molar-refractivity contribution in [2.24, 2.45) is 0 Å². The maximum Gasteiger partial charge on any atom is 0.223 e. The van der Waals surface area contributed by atoms with E-state index in [0.29, 0.717) is 12.1 Å². The van der Waals surface area contributed by atoms with Gasteiger partial charge in [0.05, 0.1) is 0 Å². The molecule has 3 heteroatoms. The Morgan fingerprint density at radius 2 is 1.55 bits per heavy atom. The summed E-state index contributed by atoms with van der Waals surface area (Å²) in [4.78, 5) is 25.9. The summed E-state index contributed by atoms with van der Waals surface area (Å²) in [7, 11) is 1.78. The van der Waals surface area contributed by atoms with E-state index >= 15 is 0 Å². The van der Waals surface area contributed by atoms with Crippen LogP contribution >= 0.6 is 0 Å². The van der Waals surface area contributed by atoms with Crippen LogP contribution in [0.1, 0.15) is 34.3 Å². The van der Waals surface area contributed by atoms with Crippen LogP contribution in [0.3, 0.4) is 0 Å². The van der Waals surface area contributed by atoms with Gasteiger partial charge in [-0.1, -0.05) is 54.6 Å². The van der Waals surface area contributed by atoms with Crippen molar-refractivity contribution in [3.05, 3.63) is 71.3 Å². The molecule has 1 amide bonds. The zero-order valence-corrected chi connectivity index (χ0v) is 13.1. The molecule has 3 nitrogen and oxygen atoms in total. The molecule has 0 atom stereocenters. The minimum absolute atomic E-state index is 0.00691. The summed E-state index contributed by atoms with van der Waals surface area (Å²) in [5.41, 5.74) is 2.96. The number of rotatable bonds is 6. The van der Waals surface area contributed by atoms with Gasteiger partial charge in [0.15, 0.2) is 5.78 Å². The SMILES string of the molecule is Cc1ccccc1CN(C)C(=O)CCC(=O)c1ccccc1. The molecular formula is C19H21NO2. The topological polar surface area (TPSA) is 37.4 Å². The Labute approximate surface area is 131 Å². The van der Waals surface area contributed by atoms with Crippen LogP contribution in [0.4, 0.5) is 0 Å². The van der Waals surface area contributed by atoms with Crippen LogP contribution in [-0.4, -0.2) is 23.6 Å². The third kappa shape index (κ3) is 4.29. The molecule has 22 heavy (non-hydrogen) atoms. The number of Topliss-reactive ketones (excluding diaryl/α,β-unsaturated/α-hetero) is 1. The Bertz CT molecular complexity index is 649. The molecule has 0 aliphatic rings. The van der Waals surface area contributed by atoms with Gasteiger partial charge in [-0.3, -0.25) is 9.59 Å². The Kier molecular flexibility index (Phi) is 5.48. The van der Waals surface area contributed by atoms with Crippen LogP contribution in [0.25, 0.3) is 0 Å². The smallest absolute Gasteiger partial charge is 0.223 e. The fourth-order valence-electron chi connectivity index (χ4n) is 2.31. The van der Waals surface area contributed by atoms with E-state index in [2.05, 4.69) is 0 Å². The lowest BCUT2D eigenvalue weighted by atomic mass is 10.1. The van der Waals surface area contributed by atoms with Crippen LogP contribution < -0.4 is 0 Å². The second kappa shape index (κ2) is 7.55. The van der Waals surface area contributed by atoms with E-state index in [-0.39, 0.29) is 24.5 Å². The van der Waals surface area contributed by atoms with E-state index in [4.69, 9.17) is 0 Å². The van der Waals surface area contributed by atoms with Gasteiger partial charge in [0.2, 0.25) is 5.91 Å². The second-order valence-corrected chi connectivity index (χ2v) is 5.47. The zero-order valence-electron chi connectivity index (χ0n) is 13.1. The van der Waals surface area contributed by atoms with Gasteiger partial charge in [-0.2, -0.15) is 0 Å². The van der Waals surface area contributed by atoms with Crippen molar-refractivity contribution >= 4 is 11.7 Å². The van der Waals surface area contributed by atoms with Crippen molar-refractivity contribution in [1.29, 1.82) is 0 Å². The number of benzene rings is 2. The van der Waals surface area contributed by atoms with Gasteiger partial charge in [-0.15, -0.1) is 0 Å². The Balaban J connectivity index is 1.87. The van der Waals surface area contributed by atoms with Crippen LogP contribution in [0.2, 0.25) is 0 Å². The van der Waals surface area contributed by atoms with E-state index in [1.807, 2.05) is 49.4 Å². The second-order valence-electron chi connectivity index (χ2n) is 5.47. The van der Waals surface area contributed by atoms with E-state index in [1.54, 1.807) is 24.1 Å². The fourth-order valence-corrected chi connectivity index (χ4v) is 2.31. The summed E-state index contributed by atoms with van der Waals surface area (Å²) in [6, 6.07) is 17.1. The number of nitrogens with zero attached hydrogens (tertiary/aromatic N) is 1. The van der Waals surface area contributed by atoms with Crippen LogP contribution in [0.15, 0.2) is 54.6 Å². The monoisotopic (exact) mass is 295 g/mol. The molecule has 2 aromatic rings. The highest BCUT2D eigenvalue weighted by Crippen LogP contribution is 2.11. The quantitative estimate of drug-likeness (QED) is 0.763. The van der Waals surface area contributed by atoms with Gasteiger partial charge in [0.25, 0.3) is 0 Å². The van der Waals surface area contributed by atoms with Crippen molar-refractivity contribution in [3.8, 4) is 0 Å². The Morgan fingerprint density at radius 1 is 0.909 bits per heavy atom. The molecule has 0 aliphatic heterocycles. The van der Waals surface area contributed by atoms with Crippen molar-refractivity contribution in [2.45, 2.75) is 26.3 Å². The highest BCUT2D eigenvalue weighted by Gasteiger charge is 2.13. The first-order chi connectivity index (χ1) is 10.6. The van der Waals surface area contributed by atoms with Crippen LogP contribution in [0.5, 0.6) is 0 Å². The molecule has 0 bridgehead atoms. The van der Waals surface area contributed by atoms with Gasteiger partial charge in [-0.05, 0) is 18.1 Å². The molecule has 0 fully saturated rings. The van der Waals surface area contributed by atoms with Gasteiger partial charge >= 0.3 is 0 Å². The highest BCUT2D eigenvalue weighted by molar-refractivity contribution is 5.97. The standard InChI is InChI=1S/C19H21NO2/c1-15-8-6-7-11-17(15)14-20(2)19(22)13-12-18(21)16-9-4-3-5-10-16/h3-11H,12-14H2,1-2H3. The first-order valence-electron chi connectivity index (χ1n) is 7.44. The first kappa shape index (κ1) is 16.0. The lowest BCUT2D eigenvalue weighted by Crippen LogP contribution is -2.26. The molecule has 0 radical (unpaired) electrons. The Morgan fingerprint density at radius 3 is 2.23 bits per heavy atom. The Hall–Kier alpha value is -2.42. The van der Waals surface area contributed by atoms with Gasteiger partial charge in [0, 0.05) is 32.0 Å². The normalized spacial score (nSPS) is 10.3. The predicted molar refractivity (Wildman–Crippen MR) is 87.7 cm³/mol. The van der Waals surface area contributed by atoms with Crippen molar-refractivity contribution in [2.75, 3.05) is 7.05 Å². The average Bonchev–Trinajstić information content (AvgIpc) is 2.55. The zero-order chi connectivity index (χ0) is 15.9. The number of aryl methyl sites for hydroxylation is 1. The first-order valence-corrected chi connectivity index (χ1v) is 7.44. The maximum absolute atomic E-state index is 12.2. The third-order valence-corrected chi connectivity index (χ3v) is 3.76. The number of ketones is 1. The molecule has 0 unspecified atom stereocenters. The largest absolute Gasteiger partial charge is 0.341 e. The molecule has 0 aliphatic carbocycles. The number of carbonyl (C=O) groups is 2. The summed E-state index contributed by atoms with van der Waals surface area (Å²) < 4.78 is 0. The molecule has 114 valence electrons.